The lowest BCUT2D eigenvalue weighted by molar-refractivity contribution is -0.114. The molecule has 1 N–H and O–H groups in total. The van der Waals surface area contributed by atoms with Crippen LogP contribution in [0, 0.1) is 0 Å². The molecule has 1 amide bonds. The summed E-state index contributed by atoms with van der Waals surface area (Å²) in [5, 5.41) is 2.74. The van der Waals surface area contributed by atoms with E-state index in [9.17, 15) is 13.2 Å². The molecule has 0 unspecified atom stereocenters. The lowest BCUT2D eigenvalue weighted by Crippen LogP contribution is -2.38. The van der Waals surface area contributed by atoms with E-state index in [2.05, 4.69) is 37.2 Å². The van der Waals surface area contributed by atoms with Crippen LogP contribution in [0.5, 0.6) is 5.75 Å². The van der Waals surface area contributed by atoms with E-state index < -0.39 is 15.9 Å². The minimum absolute atomic E-state index is 0.0832. The molecule has 0 aliphatic heterocycles. The quantitative estimate of drug-likeness (QED) is 0.393. The second kappa shape index (κ2) is 10.3. The molecule has 3 aromatic rings. The standard InChI is InChI=1S/C22H20Br2N2O4S/c1-2-30-20-10-8-19(9-11-20)26(31(28,29)21-12-6-16(23)7-13-21)15-22(27)25-18-5-3-4-17(24)14-18/h3-14H,2,15H2,1H3,(H,25,27). The highest BCUT2D eigenvalue weighted by Crippen LogP contribution is 2.27. The number of anilines is 2. The number of hydrogen-bond acceptors (Lipinski definition) is 4. The van der Waals surface area contributed by atoms with Crippen molar-refractivity contribution in [3.63, 3.8) is 0 Å². The van der Waals surface area contributed by atoms with Crippen molar-refractivity contribution >= 4 is 59.2 Å². The van der Waals surface area contributed by atoms with E-state index >= 15 is 0 Å². The normalized spacial score (nSPS) is 11.1. The van der Waals surface area contributed by atoms with Crippen LogP contribution in [0.25, 0.3) is 0 Å². The summed E-state index contributed by atoms with van der Waals surface area (Å²) in [4.78, 5) is 12.8. The molecule has 0 spiro atoms. The maximum atomic E-state index is 13.4. The molecule has 0 saturated heterocycles. The first-order valence-corrected chi connectivity index (χ1v) is 12.4. The number of benzene rings is 3. The minimum atomic E-state index is -3.99. The van der Waals surface area contributed by atoms with Crippen LogP contribution in [0.3, 0.4) is 0 Å². The summed E-state index contributed by atoms with van der Waals surface area (Å²) in [6.45, 7) is 1.97. The van der Waals surface area contributed by atoms with Crippen molar-refractivity contribution in [3.05, 3.63) is 81.7 Å². The van der Waals surface area contributed by atoms with E-state index in [0.717, 1.165) is 13.3 Å². The Morgan fingerprint density at radius 3 is 2.26 bits per heavy atom. The summed E-state index contributed by atoms with van der Waals surface area (Å²) in [6, 6.07) is 19.9. The second-order valence-electron chi connectivity index (χ2n) is 6.45. The van der Waals surface area contributed by atoms with Gasteiger partial charge < -0.3 is 10.1 Å². The lowest BCUT2D eigenvalue weighted by atomic mass is 10.3. The summed E-state index contributed by atoms with van der Waals surface area (Å²) in [5.74, 6) is 0.151. The Hall–Kier alpha value is -2.36. The average molecular weight is 568 g/mol. The SMILES string of the molecule is CCOc1ccc(N(CC(=O)Nc2cccc(Br)c2)S(=O)(=O)c2ccc(Br)cc2)cc1. The predicted octanol–water partition coefficient (Wildman–Crippen LogP) is 5.44. The molecule has 0 radical (unpaired) electrons. The number of carbonyl (C=O) groups is 1. The molecule has 0 aromatic heterocycles. The highest BCUT2D eigenvalue weighted by atomic mass is 79.9. The molecular formula is C22H20Br2N2O4S. The van der Waals surface area contributed by atoms with Crippen molar-refractivity contribution in [2.24, 2.45) is 0 Å². The Labute approximate surface area is 198 Å². The third kappa shape index (κ3) is 6.09. The first kappa shape index (κ1) is 23.3. The zero-order valence-electron chi connectivity index (χ0n) is 16.6. The van der Waals surface area contributed by atoms with Gasteiger partial charge in [-0.05, 0) is 73.7 Å². The minimum Gasteiger partial charge on any atom is -0.494 e. The molecule has 3 rings (SSSR count). The third-order valence-electron chi connectivity index (χ3n) is 4.23. The maximum Gasteiger partial charge on any atom is 0.264 e. The largest absolute Gasteiger partial charge is 0.494 e. The van der Waals surface area contributed by atoms with E-state index in [-0.39, 0.29) is 11.4 Å². The zero-order valence-corrected chi connectivity index (χ0v) is 20.6. The lowest BCUT2D eigenvalue weighted by Gasteiger charge is -2.24. The summed E-state index contributed by atoms with van der Waals surface area (Å²) < 4.78 is 34.9. The van der Waals surface area contributed by atoms with Gasteiger partial charge in [-0.1, -0.05) is 37.9 Å². The second-order valence-corrected chi connectivity index (χ2v) is 10.1. The van der Waals surface area contributed by atoms with Gasteiger partial charge in [0.25, 0.3) is 10.0 Å². The Balaban J connectivity index is 1.93. The molecule has 0 aliphatic carbocycles. The van der Waals surface area contributed by atoms with Crippen molar-refractivity contribution < 1.29 is 17.9 Å². The van der Waals surface area contributed by atoms with Crippen LogP contribution in [0.1, 0.15) is 6.92 Å². The molecule has 3 aromatic carbocycles. The van der Waals surface area contributed by atoms with Crippen molar-refractivity contribution in [2.75, 3.05) is 22.8 Å². The number of nitrogens with zero attached hydrogens (tertiary/aromatic N) is 1. The van der Waals surface area contributed by atoms with Crippen molar-refractivity contribution in [2.45, 2.75) is 11.8 Å². The van der Waals surface area contributed by atoms with Crippen LogP contribution in [-0.4, -0.2) is 27.5 Å². The molecule has 31 heavy (non-hydrogen) atoms. The van der Waals surface area contributed by atoms with Gasteiger partial charge in [-0.3, -0.25) is 9.10 Å². The average Bonchev–Trinajstić information content (AvgIpc) is 2.73. The molecule has 0 saturated carbocycles. The number of carbonyl (C=O) groups excluding carboxylic acids is 1. The van der Waals surface area contributed by atoms with Crippen molar-refractivity contribution in [3.8, 4) is 5.75 Å². The third-order valence-corrected chi connectivity index (χ3v) is 7.04. The first-order chi connectivity index (χ1) is 14.8. The fraction of sp³-hybridized carbons (Fsp3) is 0.136. The Bertz CT molecular complexity index is 1150. The highest BCUT2D eigenvalue weighted by Gasteiger charge is 2.27. The molecule has 6 nitrogen and oxygen atoms in total. The molecule has 0 fully saturated rings. The molecule has 9 heteroatoms. The van der Waals surface area contributed by atoms with E-state index in [1.807, 2.05) is 13.0 Å². The highest BCUT2D eigenvalue weighted by molar-refractivity contribution is 9.10. The van der Waals surface area contributed by atoms with Crippen molar-refractivity contribution in [1.29, 1.82) is 0 Å². The summed E-state index contributed by atoms with van der Waals surface area (Å²) in [5.41, 5.74) is 0.919. The van der Waals surface area contributed by atoms with Gasteiger partial charge in [-0.25, -0.2) is 8.42 Å². The van der Waals surface area contributed by atoms with Crippen molar-refractivity contribution in [1.82, 2.24) is 0 Å². The molecule has 0 aliphatic rings. The molecule has 0 bridgehead atoms. The predicted molar refractivity (Wildman–Crippen MR) is 129 cm³/mol. The van der Waals surface area contributed by atoms with Gasteiger partial charge in [-0.2, -0.15) is 0 Å². The fourth-order valence-corrected chi connectivity index (χ4v) is 4.91. The number of hydrogen-bond donors (Lipinski definition) is 1. The Morgan fingerprint density at radius 1 is 0.968 bits per heavy atom. The Morgan fingerprint density at radius 2 is 1.65 bits per heavy atom. The van der Waals surface area contributed by atoms with Crippen LogP contribution in [-0.2, 0) is 14.8 Å². The van der Waals surface area contributed by atoms with Gasteiger partial charge in [0.2, 0.25) is 5.91 Å². The van der Waals surface area contributed by atoms with E-state index in [1.54, 1.807) is 54.6 Å². The van der Waals surface area contributed by atoms with Crippen LogP contribution in [0.2, 0.25) is 0 Å². The molecule has 0 atom stereocenters. The van der Waals surface area contributed by atoms with Gasteiger partial charge >= 0.3 is 0 Å². The molecule has 0 heterocycles. The summed E-state index contributed by atoms with van der Waals surface area (Å²) in [6.07, 6.45) is 0. The van der Waals surface area contributed by atoms with E-state index in [4.69, 9.17) is 4.74 Å². The van der Waals surface area contributed by atoms with E-state index in [1.165, 1.54) is 12.1 Å². The van der Waals surface area contributed by atoms with Gasteiger partial charge in [0.05, 0.1) is 17.2 Å². The zero-order chi connectivity index (χ0) is 22.4. The monoisotopic (exact) mass is 566 g/mol. The fourth-order valence-electron chi connectivity index (χ4n) is 2.82. The van der Waals surface area contributed by atoms with E-state index in [0.29, 0.717) is 23.7 Å². The number of amides is 1. The maximum absolute atomic E-state index is 13.4. The number of ether oxygens (including phenoxy) is 1. The number of rotatable bonds is 8. The molecular weight excluding hydrogens is 548 g/mol. The number of halogens is 2. The van der Waals surface area contributed by atoms with Crippen LogP contribution in [0.15, 0.2) is 86.6 Å². The van der Waals surface area contributed by atoms with Crippen LogP contribution >= 0.6 is 31.9 Å². The Kier molecular flexibility index (Phi) is 7.74. The first-order valence-electron chi connectivity index (χ1n) is 9.36. The molecule has 162 valence electrons. The number of sulfonamides is 1. The summed E-state index contributed by atoms with van der Waals surface area (Å²) in [7, 11) is -3.99. The van der Waals surface area contributed by atoms with Crippen LogP contribution in [0.4, 0.5) is 11.4 Å². The topological polar surface area (TPSA) is 75.7 Å². The van der Waals surface area contributed by atoms with Gasteiger partial charge in [0.15, 0.2) is 0 Å². The van der Waals surface area contributed by atoms with Gasteiger partial charge in [0, 0.05) is 14.6 Å². The van der Waals surface area contributed by atoms with Gasteiger partial charge in [-0.15, -0.1) is 0 Å². The number of nitrogens with one attached hydrogen (secondary N) is 1. The smallest absolute Gasteiger partial charge is 0.264 e. The van der Waals surface area contributed by atoms with Gasteiger partial charge in [0.1, 0.15) is 12.3 Å². The summed E-state index contributed by atoms with van der Waals surface area (Å²) >= 11 is 6.66. The van der Waals surface area contributed by atoms with Crippen LogP contribution < -0.4 is 14.4 Å².